The number of hydrazone groups is 1. The van der Waals surface area contributed by atoms with Gasteiger partial charge in [-0.15, -0.1) is 0 Å². The van der Waals surface area contributed by atoms with Crippen LogP contribution >= 0.6 is 11.6 Å². The third kappa shape index (κ3) is 2.29. The van der Waals surface area contributed by atoms with Crippen LogP contribution in [0.3, 0.4) is 0 Å². The standard InChI is InChI=1S/C13H13ClN2O2/c1-8(17)7-10-9(2)15-16(13(10)18)12-6-4-3-5-11(12)14/h3-6,10H,7H2,1-2H3. The zero-order valence-corrected chi connectivity index (χ0v) is 10.9. The molecule has 1 unspecified atom stereocenters. The maximum Gasteiger partial charge on any atom is 0.256 e. The van der Waals surface area contributed by atoms with E-state index >= 15 is 0 Å². The third-order valence-electron chi connectivity index (χ3n) is 2.84. The van der Waals surface area contributed by atoms with Crippen molar-refractivity contribution in [2.24, 2.45) is 11.0 Å². The van der Waals surface area contributed by atoms with Gasteiger partial charge in [0.25, 0.3) is 5.91 Å². The van der Waals surface area contributed by atoms with Crippen LogP contribution in [0.2, 0.25) is 5.02 Å². The van der Waals surface area contributed by atoms with Crippen LogP contribution in [-0.2, 0) is 9.59 Å². The number of rotatable bonds is 3. The Labute approximate surface area is 110 Å². The summed E-state index contributed by atoms with van der Waals surface area (Å²) in [4.78, 5) is 23.4. The highest BCUT2D eigenvalue weighted by molar-refractivity contribution is 6.34. The Morgan fingerprint density at radius 3 is 2.72 bits per heavy atom. The maximum absolute atomic E-state index is 12.2. The number of carbonyl (C=O) groups excluding carboxylic acids is 2. The molecular formula is C13H13ClN2O2. The number of Topliss-reactive ketones (excluding diaryl/α,β-unsaturated/α-hetero) is 1. The molecule has 0 spiro atoms. The second-order valence-electron chi connectivity index (χ2n) is 4.30. The van der Waals surface area contributed by atoms with E-state index in [0.29, 0.717) is 16.4 Å². The fraction of sp³-hybridized carbons (Fsp3) is 0.308. The Morgan fingerprint density at radius 2 is 2.11 bits per heavy atom. The topological polar surface area (TPSA) is 49.7 Å². The molecule has 0 saturated heterocycles. The lowest BCUT2D eigenvalue weighted by Gasteiger charge is -2.14. The van der Waals surface area contributed by atoms with Gasteiger partial charge in [0.05, 0.1) is 16.6 Å². The normalized spacial score (nSPS) is 19.1. The van der Waals surface area contributed by atoms with Crippen molar-refractivity contribution in [1.82, 2.24) is 0 Å². The summed E-state index contributed by atoms with van der Waals surface area (Å²) >= 11 is 6.04. The van der Waals surface area contributed by atoms with Gasteiger partial charge < -0.3 is 0 Å². The van der Waals surface area contributed by atoms with E-state index in [9.17, 15) is 9.59 Å². The van der Waals surface area contributed by atoms with Crippen molar-refractivity contribution in [3.8, 4) is 0 Å². The van der Waals surface area contributed by atoms with Gasteiger partial charge in [-0.3, -0.25) is 9.59 Å². The molecule has 18 heavy (non-hydrogen) atoms. The number of hydrogen-bond acceptors (Lipinski definition) is 3. The molecule has 1 aliphatic rings. The van der Waals surface area contributed by atoms with Crippen LogP contribution in [0, 0.1) is 5.92 Å². The van der Waals surface area contributed by atoms with Gasteiger partial charge in [-0.25, -0.2) is 0 Å². The van der Waals surface area contributed by atoms with E-state index in [1.54, 1.807) is 31.2 Å². The molecule has 0 fully saturated rings. The maximum atomic E-state index is 12.2. The molecular weight excluding hydrogens is 252 g/mol. The second-order valence-corrected chi connectivity index (χ2v) is 4.71. The van der Waals surface area contributed by atoms with E-state index in [2.05, 4.69) is 5.10 Å². The second kappa shape index (κ2) is 4.90. The minimum Gasteiger partial charge on any atom is -0.300 e. The summed E-state index contributed by atoms with van der Waals surface area (Å²) in [5.74, 6) is -0.682. The summed E-state index contributed by atoms with van der Waals surface area (Å²) in [6, 6.07) is 7.01. The van der Waals surface area contributed by atoms with Gasteiger partial charge in [-0.05, 0) is 26.0 Å². The summed E-state index contributed by atoms with van der Waals surface area (Å²) in [5, 5.41) is 5.95. The molecule has 0 aliphatic carbocycles. The number of halogens is 1. The first-order valence-corrected chi connectivity index (χ1v) is 6.01. The van der Waals surface area contributed by atoms with Crippen LogP contribution in [-0.4, -0.2) is 17.4 Å². The van der Waals surface area contributed by atoms with Crippen molar-refractivity contribution in [3.63, 3.8) is 0 Å². The average Bonchev–Trinajstić information content (AvgIpc) is 2.57. The van der Waals surface area contributed by atoms with Crippen LogP contribution in [0.4, 0.5) is 5.69 Å². The fourth-order valence-corrected chi connectivity index (χ4v) is 2.14. The molecule has 2 rings (SSSR count). The van der Waals surface area contributed by atoms with E-state index in [0.717, 1.165) is 0 Å². The molecule has 1 aromatic carbocycles. The quantitative estimate of drug-likeness (QED) is 0.843. The molecule has 0 bridgehead atoms. The number of anilines is 1. The fourth-order valence-electron chi connectivity index (χ4n) is 1.92. The number of ketones is 1. The van der Waals surface area contributed by atoms with E-state index in [-0.39, 0.29) is 18.1 Å². The lowest BCUT2D eigenvalue weighted by Crippen LogP contribution is -2.28. The number of benzene rings is 1. The Balaban J connectivity index is 2.31. The first-order chi connectivity index (χ1) is 8.50. The molecule has 0 aromatic heterocycles. The zero-order chi connectivity index (χ0) is 13.3. The van der Waals surface area contributed by atoms with Crippen molar-refractivity contribution < 1.29 is 9.59 Å². The monoisotopic (exact) mass is 264 g/mol. The summed E-state index contributed by atoms with van der Waals surface area (Å²) in [7, 11) is 0. The van der Waals surface area contributed by atoms with Gasteiger partial charge in [0.15, 0.2) is 0 Å². The molecule has 1 aromatic rings. The predicted molar refractivity (Wildman–Crippen MR) is 70.8 cm³/mol. The number of hydrogen-bond donors (Lipinski definition) is 0. The summed E-state index contributed by atoms with van der Waals surface area (Å²) < 4.78 is 0. The van der Waals surface area contributed by atoms with Crippen LogP contribution in [0.25, 0.3) is 0 Å². The molecule has 0 radical (unpaired) electrons. The highest BCUT2D eigenvalue weighted by Gasteiger charge is 2.35. The van der Waals surface area contributed by atoms with Crippen LogP contribution in [0.15, 0.2) is 29.4 Å². The van der Waals surface area contributed by atoms with Crippen LogP contribution in [0.5, 0.6) is 0 Å². The van der Waals surface area contributed by atoms with Gasteiger partial charge >= 0.3 is 0 Å². The Morgan fingerprint density at radius 1 is 1.44 bits per heavy atom. The lowest BCUT2D eigenvalue weighted by atomic mass is 9.98. The van der Waals surface area contributed by atoms with E-state index in [4.69, 9.17) is 11.6 Å². The minimum absolute atomic E-state index is 0.0242. The SMILES string of the molecule is CC(=O)CC1C(=O)N(c2ccccc2Cl)N=C1C. The summed E-state index contributed by atoms with van der Waals surface area (Å²) in [5.41, 5.74) is 1.20. The van der Waals surface area contributed by atoms with Crippen LogP contribution in [0.1, 0.15) is 20.3 Å². The molecule has 4 nitrogen and oxygen atoms in total. The molecule has 1 amide bonds. The van der Waals surface area contributed by atoms with Gasteiger partial charge in [0.2, 0.25) is 0 Å². The first-order valence-electron chi connectivity index (χ1n) is 5.63. The number of amides is 1. The minimum atomic E-state index is -0.459. The first kappa shape index (κ1) is 12.8. The van der Waals surface area contributed by atoms with E-state index in [1.807, 2.05) is 0 Å². The molecule has 94 valence electrons. The lowest BCUT2D eigenvalue weighted by molar-refractivity contribution is -0.124. The number of carbonyl (C=O) groups is 2. The van der Waals surface area contributed by atoms with Crippen molar-refractivity contribution in [1.29, 1.82) is 0 Å². The molecule has 1 heterocycles. The molecule has 1 atom stereocenters. The van der Waals surface area contributed by atoms with Crippen molar-refractivity contribution in [2.75, 3.05) is 5.01 Å². The average molecular weight is 265 g/mol. The van der Waals surface area contributed by atoms with Crippen molar-refractivity contribution >= 4 is 34.7 Å². The van der Waals surface area contributed by atoms with E-state index < -0.39 is 5.92 Å². The van der Waals surface area contributed by atoms with Gasteiger partial charge in [-0.2, -0.15) is 10.1 Å². The number of nitrogens with zero attached hydrogens (tertiary/aromatic N) is 2. The van der Waals surface area contributed by atoms with Crippen molar-refractivity contribution in [3.05, 3.63) is 29.3 Å². The largest absolute Gasteiger partial charge is 0.300 e. The van der Waals surface area contributed by atoms with Gasteiger partial charge in [0, 0.05) is 12.1 Å². The third-order valence-corrected chi connectivity index (χ3v) is 3.16. The highest BCUT2D eigenvalue weighted by Crippen LogP contribution is 2.31. The van der Waals surface area contributed by atoms with Gasteiger partial charge in [0.1, 0.15) is 5.78 Å². The molecule has 5 heteroatoms. The smallest absolute Gasteiger partial charge is 0.256 e. The zero-order valence-electron chi connectivity index (χ0n) is 10.2. The summed E-state index contributed by atoms with van der Waals surface area (Å²) in [6.07, 6.45) is 0.190. The summed E-state index contributed by atoms with van der Waals surface area (Å²) in [6.45, 7) is 3.22. The molecule has 0 saturated carbocycles. The van der Waals surface area contributed by atoms with Gasteiger partial charge in [-0.1, -0.05) is 23.7 Å². The predicted octanol–water partition coefficient (Wildman–Crippen LogP) is 2.66. The molecule has 0 N–H and O–H groups in total. The number of para-hydroxylation sites is 1. The van der Waals surface area contributed by atoms with Crippen LogP contribution < -0.4 is 5.01 Å². The van der Waals surface area contributed by atoms with E-state index in [1.165, 1.54) is 11.9 Å². The Bertz CT molecular complexity index is 540. The Hall–Kier alpha value is -1.68. The van der Waals surface area contributed by atoms with Crippen molar-refractivity contribution in [2.45, 2.75) is 20.3 Å². The molecule has 1 aliphatic heterocycles. The highest BCUT2D eigenvalue weighted by atomic mass is 35.5. The Kier molecular flexibility index (Phi) is 3.48.